The molecule has 4 rings (SSSR count). The molecule has 0 saturated carbocycles. The molecule has 0 spiro atoms. The summed E-state index contributed by atoms with van der Waals surface area (Å²) in [6.07, 6.45) is 1.83. The molecule has 3 heterocycles. The van der Waals surface area contributed by atoms with Crippen molar-refractivity contribution >= 4 is 11.9 Å². The Bertz CT molecular complexity index is 1070. The summed E-state index contributed by atoms with van der Waals surface area (Å²) in [5.41, 5.74) is 7.48. The fourth-order valence-corrected chi connectivity index (χ4v) is 3.84. The second-order valence-corrected chi connectivity index (χ2v) is 7.43. The number of hydrogen-bond donors (Lipinski definition) is 1. The van der Waals surface area contributed by atoms with Crippen LogP contribution >= 0.6 is 0 Å². The molecule has 1 atom stereocenters. The highest BCUT2D eigenvalue weighted by atomic mass is 19.4. The Morgan fingerprint density at radius 2 is 1.81 bits per heavy atom. The van der Waals surface area contributed by atoms with E-state index >= 15 is 0 Å². The molecule has 1 saturated heterocycles. The molecule has 0 aliphatic carbocycles. The molecule has 1 aliphatic heterocycles. The number of benzene rings is 1. The summed E-state index contributed by atoms with van der Waals surface area (Å²) >= 11 is 0. The van der Waals surface area contributed by atoms with Crippen LogP contribution in [0.3, 0.4) is 0 Å². The maximum absolute atomic E-state index is 12.9. The first-order chi connectivity index (χ1) is 14.8. The van der Waals surface area contributed by atoms with Crippen LogP contribution in [0.5, 0.6) is 0 Å². The predicted octanol–water partition coefficient (Wildman–Crippen LogP) is 4.16. The van der Waals surface area contributed by atoms with E-state index in [2.05, 4.69) is 15.0 Å². The van der Waals surface area contributed by atoms with Crippen LogP contribution in [-0.2, 0) is 6.18 Å². The van der Waals surface area contributed by atoms with E-state index in [0.717, 1.165) is 25.0 Å². The smallest absolute Gasteiger partial charge is 0.368 e. The molecule has 1 fully saturated rings. The molecule has 3 aromatic rings. The van der Waals surface area contributed by atoms with Gasteiger partial charge in [-0.25, -0.2) is 9.97 Å². The number of aromatic nitrogens is 3. The van der Waals surface area contributed by atoms with Gasteiger partial charge in [0.05, 0.1) is 11.3 Å². The summed E-state index contributed by atoms with van der Waals surface area (Å²) in [5.74, 6) is -0.115. The first kappa shape index (κ1) is 20.8. The van der Waals surface area contributed by atoms with E-state index < -0.39 is 11.7 Å². The quantitative estimate of drug-likeness (QED) is 0.679. The summed E-state index contributed by atoms with van der Waals surface area (Å²) in [6, 6.07) is 8.23. The number of likely N-dealkylation sites (tertiary alicyclic amines) is 1. The third kappa shape index (κ3) is 4.50. The largest absolute Gasteiger partial charge is 0.416 e. The van der Waals surface area contributed by atoms with Crippen molar-refractivity contribution in [1.82, 2.24) is 19.9 Å². The summed E-state index contributed by atoms with van der Waals surface area (Å²) in [5, 5.41) is 0. The maximum Gasteiger partial charge on any atom is 0.416 e. The van der Waals surface area contributed by atoms with Gasteiger partial charge in [0.25, 0.3) is 5.91 Å². The number of pyridine rings is 1. The third-order valence-electron chi connectivity index (χ3n) is 5.38. The highest BCUT2D eigenvalue weighted by molar-refractivity contribution is 5.94. The Balaban J connectivity index is 1.63. The zero-order chi connectivity index (χ0) is 22.0. The normalized spacial score (nSPS) is 16.9. The zero-order valence-electron chi connectivity index (χ0n) is 16.5. The van der Waals surface area contributed by atoms with Gasteiger partial charge in [0.2, 0.25) is 5.95 Å². The van der Waals surface area contributed by atoms with Crippen LogP contribution in [0.1, 0.15) is 40.4 Å². The summed E-state index contributed by atoms with van der Waals surface area (Å²) in [7, 11) is 0. The number of piperidine rings is 1. The lowest BCUT2D eigenvalue weighted by molar-refractivity contribution is -0.137. The van der Waals surface area contributed by atoms with Crippen molar-refractivity contribution in [3.05, 3.63) is 71.8 Å². The highest BCUT2D eigenvalue weighted by Crippen LogP contribution is 2.35. The monoisotopic (exact) mass is 427 g/mol. The van der Waals surface area contributed by atoms with Crippen LogP contribution in [0.25, 0.3) is 11.1 Å². The maximum atomic E-state index is 12.9. The zero-order valence-corrected chi connectivity index (χ0v) is 16.5. The molecule has 1 amide bonds. The van der Waals surface area contributed by atoms with Crippen LogP contribution in [0.15, 0.2) is 55.0 Å². The van der Waals surface area contributed by atoms with Gasteiger partial charge in [-0.2, -0.15) is 13.2 Å². The van der Waals surface area contributed by atoms with Gasteiger partial charge in [0, 0.05) is 48.7 Å². The van der Waals surface area contributed by atoms with Gasteiger partial charge in [-0.3, -0.25) is 9.78 Å². The molecule has 31 heavy (non-hydrogen) atoms. The highest BCUT2D eigenvalue weighted by Gasteiger charge is 2.31. The number of nitrogens with two attached hydrogens (primary N) is 1. The first-order valence-electron chi connectivity index (χ1n) is 9.82. The van der Waals surface area contributed by atoms with E-state index in [1.54, 1.807) is 29.4 Å². The van der Waals surface area contributed by atoms with E-state index in [4.69, 9.17) is 5.73 Å². The van der Waals surface area contributed by atoms with Crippen molar-refractivity contribution in [3.63, 3.8) is 0 Å². The number of nitrogen functional groups attached to an aromatic ring is 1. The van der Waals surface area contributed by atoms with Gasteiger partial charge in [-0.05, 0) is 42.7 Å². The molecule has 2 N–H and O–H groups in total. The standard InChI is InChI=1S/C22H20F3N5O/c23-22(24,25)17-5-3-14(4-6-17)18-12-28-21(26)29-19(18)16-2-1-11-30(13-16)20(31)15-7-9-27-10-8-15/h3-10,12,16H,1-2,11,13H2,(H2,26,28,29)/t16-/m1/s1. The van der Waals surface area contributed by atoms with Gasteiger partial charge in [0.1, 0.15) is 0 Å². The minimum absolute atomic E-state index is 0.0863. The Labute approximate surface area is 177 Å². The van der Waals surface area contributed by atoms with Crippen molar-refractivity contribution < 1.29 is 18.0 Å². The summed E-state index contributed by atoms with van der Waals surface area (Å²) in [6.45, 7) is 1.05. The van der Waals surface area contributed by atoms with Crippen LogP contribution in [0.2, 0.25) is 0 Å². The van der Waals surface area contributed by atoms with Crippen LogP contribution in [0.4, 0.5) is 19.1 Å². The number of amides is 1. The number of hydrogen-bond acceptors (Lipinski definition) is 5. The first-order valence-corrected chi connectivity index (χ1v) is 9.82. The number of carbonyl (C=O) groups excluding carboxylic acids is 1. The van der Waals surface area contributed by atoms with Gasteiger partial charge in [-0.15, -0.1) is 0 Å². The molecule has 160 valence electrons. The lowest BCUT2D eigenvalue weighted by Gasteiger charge is -2.33. The molecule has 6 nitrogen and oxygen atoms in total. The minimum Gasteiger partial charge on any atom is -0.368 e. The topological polar surface area (TPSA) is 85.0 Å². The van der Waals surface area contributed by atoms with Crippen molar-refractivity contribution in [1.29, 1.82) is 0 Å². The molecular weight excluding hydrogens is 407 g/mol. The molecule has 0 unspecified atom stereocenters. The van der Waals surface area contributed by atoms with Gasteiger partial charge in [0.15, 0.2) is 0 Å². The van der Waals surface area contributed by atoms with E-state index in [1.807, 2.05) is 0 Å². The number of anilines is 1. The molecule has 1 aromatic carbocycles. The van der Waals surface area contributed by atoms with Gasteiger partial charge >= 0.3 is 6.18 Å². The van der Waals surface area contributed by atoms with Crippen molar-refractivity contribution in [2.24, 2.45) is 0 Å². The SMILES string of the molecule is Nc1ncc(-c2ccc(C(F)(F)F)cc2)c([C@@H]2CCCN(C(=O)c3ccncc3)C2)n1. The van der Waals surface area contributed by atoms with Crippen LogP contribution < -0.4 is 5.73 Å². The molecule has 2 aromatic heterocycles. The van der Waals surface area contributed by atoms with E-state index in [9.17, 15) is 18.0 Å². The van der Waals surface area contributed by atoms with E-state index in [0.29, 0.717) is 35.5 Å². The van der Waals surface area contributed by atoms with Crippen LogP contribution in [0, 0.1) is 0 Å². The molecule has 0 radical (unpaired) electrons. The molecule has 1 aliphatic rings. The number of carbonyl (C=O) groups is 1. The summed E-state index contributed by atoms with van der Waals surface area (Å²) in [4.78, 5) is 27.0. The van der Waals surface area contributed by atoms with E-state index in [-0.39, 0.29) is 17.8 Å². The van der Waals surface area contributed by atoms with Crippen molar-refractivity contribution in [2.75, 3.05) is 18.8 Å². The minimum atomic E-state index is -4.41. The number of alkyl halides is 3. The van der Waals surface area contributed by atoms with Crippen molar-refractivity contribution in [2.45, 2.75) is 24.9 Å². The number of nitrogens with zero attached hydrogens (tertiary/aromatic N) is 4. The summed E-state index contributed by atoms with van der Waals surface area (Å²) < 4.78 is 38.8. The number of rotatable bonds is 3. The fourth-order valence-electron chi connectivity index (χ4n) is 3.84. The average Bonchev–Trinajstić information content (AvgIpc) is 2.79. The molecule has 9 heteroatoms. The van der Waals surface area contributed by atoms with Crippen LogP contribution in [-0.4, -0.2) is 38.8 Å². The number of halogens is 3. The molecular formula is C22H20F3N5O. The van der Waals surface area contributed by atoms with E-state index in [1.165, 1.54) is 18.3 Å². The average molecular weight is 427 g/mol. The lowest BCUT2D eigenvalue weighted by Crippen LogP contribution is -2.39. The fraction of sp³-hybridized carbons (Fsp3) is 0.273. The Kier molecular flexibility index (Phi) is 5.58. The van der Waals surface area contributed by atoms with Crippen molar-refractivity contribution in [3.8, 4) is 11.1 Å². The third-order valence-corrected chi connectivity index (χ3v) is 5.38. The Morgan fingerprint density at radius 3 is 2.48 bits per heavy atom. The second-order valence-electron chi connectivity index (χ2n) is 7.43. The lowest BCUT2D eigenvalue weighted by atomic mass is 9.89. The molecule has 0 bridgehead atoms. The second kappa shape index (κ2) is 8.33. The predicted molar refractivity (Wildman–Crippen MR) is 109 cm³/mol. The Morgan fingerprint density at radius 1 is 1.10 bits per heavy atom. The van der Waals surface area contributed by atoms with Gasteiger partial charge < -0.3 is 10.6 Å². The van der Waals surface area contributed by atoms with Gasteiger partial charge in [-0.1, -0.05) is 12.1 Å². The Hall–Kier alpha value is -3.49.